The van der Waals surface area contributed by atoms with E-state index in [2.05, 4.69) is 20.1 Å². The van der Waals surface area contributed by atoms with Crippen molar-refractivity contribution in [2.75, 3.05) is 6.54 Å². The first-order valence-corrected chi connectivity index (χ1v) is 6.15. The highest BCUT2D eigenvalue weighted by molar-refractivity contribution is 5.02. The molecular weight excluding hydrogens is 204 g/mol. The number of β-amino-alcohol motifs (C(OH)–C–C–N with tert-alkyl or cyclic N) is 1. The fraction of sp³-hybridized carbons (Fsp3) is 0.818. The van der Waals surface area contributed by atoms with Gasteiger partial charge in [-0.2, -0.15) is 0 Å². The molecule has 2 fully saturated rings. The summed E-state index contributed by atoms with van der Waals surface area (Å²) in [4.78, 5) is 0. The van der Waals surface area contributed by atoms with E-state index in [-0.39, 0.29) is 12.1 Å². The maximum atomic E-state index is 9.53. The Labute approximate surface area is 94.9 Å². The van der Waals surface area contributed by atoms with Crippen molar-refractivity contribution in [1.82, 2.24) is 20.1 Å². The molecule has 1 aromatic heterocycles. The Morgan fingerprint density at radius 3 is 2.88 bits per heavy atom. The van der Waals surface area contributed by atoms with Crippen molar-refractivity contribution < 1.29 is 5.11 Å². The molecule has 0 spiro atoms. The number of aliphatic hydroxyl groups excluding tert-OH is 1. The molecule has 3 rings (SSSR count). The fourth-order valence-electron chi connectivity index (χ4n) is 2.88. The van der Waals surface area contributed by atoms with Crippen LogP contribution in [0.1, 0.15) is 50.0 Å². The van der Waals surface area contributed by atoms with Gasteiger partial charge in [-0.1, -0.05) is 12.8 Å². The molecule has 1 saturated carbocycles. The minimum Gasteiger partial charge on any atom is -0.392 e. The van der Waals surface area contributed by atoms with Crippen molar-refractivity contribution >= 4 is 0 Å². The van der Waals surface area contributed by atoms with E-state index in [0.717, 1.165) is 12.2 Å². The van der Waals surface area contributed by atoms with Crippen LogP contribution in [-0.2, 0) is 0 Å². The second kappa shape index (κ2) is 4.14. The Morgan fingerprint density at radius 1 is 1.38 bits per heavy atom. The zero-order valence-electron chi connectivity index (χ0n) is 9.34. The zero-order valence-corrected chi connectivity index (χ0v) is 9.34. The van der Waals surface area contributed by atoms with Crippen molar-refractivity contribution in [1.29, 1.82) is 0 Å². The van der Waals surface area contributed by atoms with Gasteiger partial charge >= 0.3 is 0 Å². The number of aliphatic hydroxyl groups is 1. The minimum absolute atomic E-state index is 0.179. The van der Waals surface area contributed by atoms with Crippen molar-refractivity contribution in [3.8, 4) is 0 Å². The predicted octanol–water partition coefficient (Wildman–Crippen LogP) is 0.788. The van der Waals surface area contributed by atoms with Crippen LogP contribution < -0.4 is 5.32 Å². The van der Waals surface area contributed by atoms with E-state index in [1.165, 1.54) is 25.7 Å². The van der Waals surface area contributed by atoms with E-state index < -0.39 is 0 Å². The van der Waals surface area contributed by atoms with E-state index in [1.54, 1.807) is 0 Å². The Bertz CT molecular complexity index is 359. The highest BCUT2D eigenvalue weighted by atomic mass is 16.3. The van der Waals surface area contributed by atoms with Gasteiger partial charge in [0.25, 0.3) is 0 Å². The molecule has 0 radical (unpaired) electrons. The molecule has 0 bridgehead atoms. The number of hydrogen-bond donors (Lipinski definition) is 2. The second-order valence-electron chi connectivity index (χ2n) is 4.89. The zero-order chi connectivity index (χ0) is 11.0. The first kappa shape index (κ1) is 10.2. The van der Waals surface area contributed by atoms with Gasteiger partial charge < -0.3 is 15.0 Å². The molecule has 1 aliphatic carbocycles. The van der Waals surface area contributed by atoms with Crippen molar-refractivity contribution in [3.05, 3.63) is 12.2 Å². The highest BCUT2D eigenvalue weighted by Crippen LogP contribution is 2.32. The van der Waals surface area contributed by atoms with Gasteiger partial charge in [0, 0.05) is 12.6 Å². The van der Waals surface area contributed by atoms with Crippen LogP contribution in [-0.4, -0.2) is 32.5 Å². The van der Waals surface area contributed by atoms with E-state index in [1.807, 2.05) is 6.33 Å². The Kier molecular flexibility index (Phi) is 2.65. The van der Waals surface area contributed by atoms with Gasteiger partial charge in [0.1, 0.15) is 12.2 Å². The summed E-state index contributed by atoms with van der Waals surface area (Å²) < 4.78 is 2.21. The summed E-state index contributed by atoms with van der Waals surface area (Å²) in [5, 5.41) is 21.1. The number of nitrogens with zero attached hydrogens (tertiary/aromatic N) is 3. The lowest BCUT2D eigenvalue weighted by atomic mass is 10.1. The molecule has 1 unspecified atom stereocenters. The van der Waals surface area contributed by atoms with Crippen LogP contribution in [0.4, 0.5) is 0 Å². The van der Waals surface area contributed by atoms with Crippen molar-refractivity contribution in [2.45, 2.75) is 50.3 Å². The van der Waals surface area contributed by atoms with Crippen molar-refractivity contribution in [2.24, 2.45) is 0 Å². The van der Waals surface area contributed by atoms with Gasteiger partial charge in [0.05, 0.1) is 12.1 Å². The first-order valence-electron chi connectivity index (χ1n) is 6.15. The van der Waals surface area contributed by atoms with Crippen LogP contribution in [0.5, 0.6) is 0 Å². The lowest BCUT2D eigenvalue weighted by Crippen LogP contribution is -2.20. The summed E-state index contributed by atoms with van der Waals surface area (Å²) in [5.41, 5.74) is 0. The van der Waals surface area contributed by atoms with Gasteiger partial charge in [-0.3, -0.25) is 0 Å². The van der Waals surface area contributed by atoms with Crippen molar-refractivity contribution in [3.63, 3.8) is 0 Å². The van der Waals surface area contributed by atoms with E-state index in [0.29, 0.717) is 12.6 Å². The predicted molar refractivity (Wildman–Crippen MR) is 58.9 cm³/mol. The largest absolute Gasteiger partial charge is 0.392 e. The van der Waals surface area contributed by atoms with Gasteiger partial charge in [-0.05, 0) is 19.3 Å². The summed E-state index contributed by atoms with van der Waals surface area (Å²) in [6.07, 6.45) is 7.45. The first-order chi connectivity index (χ1) is 7.84. The van der Waals surface area contributed by atoms with Gasteiger partial charge in [0.2, 0.25) is 0 Å². The molecule has 1 aliphatic heterocycles. The lowest BCUT2D eigenvalue weighted by Gasteiger charge is -2.17. The van der Waals surface area contributed by atoms with Crippen LogP contribution in [0, 0.1) is 0 Å². The molecule has 2 N–H and O–H groups in total. The third-order valence-electron chi connectivity index (χ3n) is 3.74. The smallest absolute Gasteiger partial charge is 0.150 e. The quantitative estimate of drug-likeness (QED) is 0.776. The maximum absolute atomic E-state index is 9.53. The average molecular weight is 222 g/mol. The van der Waals surface area contributed by atoms with Crippen LogP contribution in [0.2, 0.25) is 0 Å². The van der Waals surface area contributed by atoms with Crippen LogP contribution in [0.3, 0.4) is 0 Å². The SMILES string of the molecule is OC1CN[C@H](c2nncn2C2CCCC2)C1. The summed E-state index contributed by atoms with van der Waals surface area (Å²) in [5.74, 6) is 1.00. The summed E-state index contributed by atoms with van der Waals surface area (Å²) in [6, 6.07) is 0.752. The number of nitrogens with one attached hydrogen (secondary N) is 1. The topological polar surface area (TPSA) is 63.0 Å². The summed E-state index contributed by atoms with van der Waals surface area (Å²) in [6.45, 7) is 0.669. The number of hydrogen-bond acceptors (Lipinski definition) is 4. The van der Waals surface area contributed by atoms with Gasteiger partial charge in [-0.15, -0.1) is 10.2 Å². The lowest BCUT2D eigenvalue weighted by molar-refractivity contribution is 0.192. The maximum Gasteiger partial charge on any atom is 0.150 e. The Morgan fingerprint density at radius 2 is 2.19 bits per heavy atom. The molecule has 88 valence electrons. The summed E-state index contributed by atoms with van der Waals surface area (Å²) in [7, 11) is 0. The number of rotatable bonds is 2. The van der Waals surface area contributed by atoms with Crippen LogP contribution in [0.25, 0.3) is 0 Å². The third kappa shape index (κ3) is 1.74. The molecule has 2 heterocycles. The second-order valence-corrected chi connectivity index (χ2v) is 4.89. The molecular formula is C11H18N4O. The fourth-order valence-corrected chi connectivity index (χ4v) is 2.88. The summed E-state index contributed by atoms with van der Waals surface area (Å²) >= 11 is 0. The molecule has 0 amide bonds. The standard InChI is InChI=1S/C11H18N4O/c16-9-5-10(12-6-9)11-14-13-7-15(11)8-3-1-2-4-8/h7-10,12,16H,1-6H2/t9?,10-/m0/s1. The number of aromatic nitrogens is 3. The van der Waals surface area contributed by atoms with Crippen LogP contribution >= 0.6 is 0 Å². The van der Waals surface area contributed by atoms with Crippen LogP contribution in [0.15, 0.2) is 6.33 Å². The third-order valence-corrected chi connectivity index (χ3v) is 3.74. The van der Waals surface area contributed by atoms with Gasteiger partial charge in [-0.25, -0.2) is 0 Å². The van der Waals surface area contributed by atoms with E-state index in [4.69, 9.17) is 0 Å². The molecule has 16 heavy (non-hydrogen) atoms. The molecule has 5 nitrogen and oxygen atoms in total. The Hall–Kier alpha value is -0.940. The Balaban J connectivity index is 1.81. The highest BCUT2D eigenvalue weighted by Gasteiger charge is 2.29. The van der Waals surface area contributed by atoms with E-state index in [9.17, 15) is 5.11 Å². The minimum atomic E-state index is -0.237. The van der Waals surface area contributed by atoms with Gasteiger partial charge in [0.15, 0.2) is 0 Å². The average Bonchev–Trinajstić information content (AvgIpc) is 2.96. The molecule has 5 heteroatoms. The molecule has 0 aromatic carbocycles. The molecule has 1 aromatic rings. The molecule has 2 aliphatic rings. The monoisotopic (exact) mass is 222 g/mol. The molecule has 2 atom stereocenters. The normalized spacial score (nSPS) is 31.3. The molecule has 1 saturated heterocycles. The van der Waals surface area contributed by atoms with E-state index >= 15 is 0 Å².